The molecule has 376 valence electrons. The van der Waals surface area contributed by atoms with Gasteiger partial charge in [-0.2, -0.15) is 0 Å². The van der Waals surface area contributed by atoms with E-state index in [0.29, 0.717) is 30.9 Å². The highest BCUT2D eigenvalue weighted by Gasteiger charge is 2.20. The van der Waals surface area contributed by atoms with Gasteiger partial charge in [-0.15, -0.1) is 0 Å². The molecule has 0 spiro atoms. The van der Waals surface area contributed by atoms with Crippen LogP contribution in [0.2, 0.25) is 0 Å². The van der Waals surface area contributed by atoms with Gasteiger partial charge in [-0.05, 0) is 199 Å². The predicted octanol–water partition coefficient (Wildman–Crippen LogP) is 7.54. The number of hydrogen-bond donors (Lipinski definition) is 8. The van der Waals surface area contributed by atoms with Gasteiger partial charge in [0.05, 0.1) is 26.4 Å². The molecule has 0 saturated carbocycles. The maximum Gasteiger partial charge on any atom is 0.222 e. The number of piperidine rings is 2. The average molecular weight is 959 g/mol. The third-order valence-electron chi connectivity index (χ3n) is 12.5. The molecule has 2 aliphatic rings. The topological polar surface area (TPSA) is 249 Å². The van der Waals surface area contributed by atoms with E-state index in [1.165, 1.54) is 46.0 Å². The van der Waals surface area contributed by atoms with Crippen molar-refractivity contribution in [3.8, 4) is 23.0 Å². The van der Waals surface area contributed by atoms with Gasteiger partial charge < -0.3 is 50.8 Å². The van der Waals surface area contributed by atoms with Crippen LogP contribution in [0.15, 0.2) is 97.1 Å². The maximum atomic E-state index is 11.1. The number of ether oxygens (including phenoxy) is 4. The summed E-state index contributed by atoms with van der Waals surface area (Å²) in [6.45, 7) is 12.2. The van der Waals surface area contributed by atoms with Crippen LogP contribution < -0.4 is 41.0 Å². The van der Waals surface area contributed by atoms with Gasteiger partial charge in [-0.3, -0.25) is 31.2 Å². The number of amides is 2. The van der Waals surface area contributed by atoms with Gasteiger partial charge in [-0.1, -0.05) is 0 Å². The first kappa shape index (κ1) is 54.2. The zero-order valence-electron chi connectivity index (χ0n) is 41.0. The number of hydrogen-bond acceptors (Lipinski definition) is 12. The summed E-state index contributed by atoms with van der Waals surface area (Å²) in [4.78, 5) is 27.2. The molecule has 0 bridgehead atoms. The molecule has 70 heavy (non-hydrogen) atoms. The van der Waals surface area contributed by atoms with Crippen molar-refractivity contribution in [2.75, 3.05) is 65.7 Å². The highest BCUT2D eigenvalue weighted by Crippen LogP contribution is 2.24. The second kappa shape index (κ2) is 29.3. The van der Waals surface area contributed by atoms with Crippen LogP contribution >= 0.6 is 0 Å². The fourth-order valence-electron chi connectivity index (χ4n) is 8.47. The van der Waals surface area contributed by atoms with Crippen LogP contribution in [0.1, 0.15) is 100 Å². The lowest BCUT2D eigenvalue weighted by atomic mass is 9.92. The van der Waals surface area contributed by atoms with E-state index >= 15 is 0 Å². The Morgan fingerprint density at radius 1 is 0.471 bits per heavy atom. The summed E-state index contributed by atoms with van der Waals surface area (Å²) in [5.41, 5.74) is 13.7. The van der Waals surface area contributed by atoms with Crippen LogP contribution in [0.3, 0.4) is 0 Å². The zero-order chi connectivity index (χ0) is 50.1. The fraction of sp³-hybridized carbons (Fsp3) is 0.444. The Kier molecular flexibility index (Phi) is 22.7. The van der Waals surface area contributed by atoms with Crippen LogP contribution in [-0.2, 0) is 9.59 Å². The number of amidine groups is 4. The molecule has 0 atom stereocenters. The summed E-state index contributed by atoms with van der Waals surface area (Å²) in [7, 11) is 0. The van der Waals surface area contributed by atoms with Crippen molar-refractivity contribution < 1.29 is 28.5 Å². The normalized spacial score (nSPS) is 14.3. The van der Waals surface area contributed by atoms with Crippen molar-refractivity contribution >= 4 is 35.2 Å². The number of nitrogen functional groups attached to an aromatic ring is 2. The van der Waals surface area contributed by atoms with Gasteiger partial charge in [-0.25, -0.2) is 0 Å². The third kappa shape index (κ3) is 20.1. The van der Waals surface area contributed by atoms with Crippen LogP contribution in [0.25, 0.3) is 0 Å². The Morgan fingerprint density at radius 2 is 0.743 bits per heavy atom. The zero-order valence-corrected chi connectivity index (χ0v) is 41.0. The van der Waals surface area contributed by atoms with E-state index in [1.807, 2.05) is 72.8 Å². The molecule has 2 amide bonds. The van der Waals surface area contributed by atoms with Gasteiger partial charge in [0.2, 0.25) is 11.8 Å². The van der Waals surface area contributed by atoms with Crippen LogP contribution in [0, 0.1) is 33.5 Å². The molecule has 16 nitrogen and oxygen atoms in total. The standard InChI is InChI=1S/C29H39N5O4.C25H35N5O2/c1-21(35)32-28(30)24-6-10-26(11-7-24)37-19-3-5-23-14-17-34(18-15-23)16-4-20-38-27-12-8-25(9-13-27)29(31)33-22(2)36;26-24(27)20-4-8-22(9-5-20)31-17-1-3-19-12-15-30(16-13-19)14-2-18-32-23-10-6-21(7-11-23)25(28)29/h6-13,23H,3-5,14-20H2,1-2H3,(H2,30,32,35)(H2,31,33,36);4-11,19H,1-3,12-18H2,(H3,26,27)(H3,28,29). The molecule has 0 unspecified atom stereocenters. The Hall–Kier alpha value is -6.78. The fourth-order valence-corrected chi connectivity index (χ4v) is 8.47. The smallest absolute Gasteiger partial charge is 0.222 e. The number of carbonyl (C=O) groups is 2. The summed E-state index contributed by atoms with van der Waals surface area (Å²) in [6, 6.07) is 29.2. The third-order valence-corrected chi connectivity index (χ3v) is 12.5. The average Bonchev–Trinajstić information content (AvgIpc) is 3.35. The highest BCUT2D eigenvalue weighted by atomic mass is 16.5. The molecule has 0 aliphatic carbocycles. The summed E-state index contributed by atoms with van der Waals surface area (Å²) >= 11 is 0. The molecule has 0 aromatic heterocycles. The van der Waals surface area contributed by atoms with E-state index in [9.17, 15) is 9.59 Å². The number of nitrogens with zero attached hydrogens (tertiary/aromatic N) is 2. The summed E-state index contributed by atoms with van der Waals surface area (Å²) < 4.78 is 23.3. The Labute approximate surface area is 413 Å². The largest absolute Gasteiger partial charge is 0.494 e. The number of nitrogens with one attached hydrogen (secondary N) is 6. The molecule has 2 heterocycles. The molecule has 10 N–H and O–H groups in total. The minimum Gasteiger partial charge on any atom is -0.494 e. The van der Waals surface area contributed by atoms with Crippen LogP contribution in [-0.4, -0.2) is 111 Å². The van der Waals surface area contributed by atoms with Crippen molar-refractivity contribution in [3.63, 3.8) is 0 Å². The summed E-state index contributed by atoms with van der Waals surface area (Å²) in [5, 5.41) is 35.5. The molecule has 4 aromatic rings. The number of carbonyl (C=O) groups excluding carboxylic acids is 2. The maximum absolute atomic E-state index is 11.1. The first-order chi connectivity index (χ1) is 33.8. The second-order valence-corrected chi connectivity index (χ2v) is 18.0. The second-order valence-electron chi connectivity index (χ2n) is 18.0. The van der Waals surface area contributed by atoms with E-state index in [0.717, 1.165) is 124 Å². The Bertz CT molecular complexity index is 2100. The molecule has 6 rings (SSSR count). The Morgan fingerprint density at radius 3 is 1.01 bits per heavy atom. The van der Waals surface area contributed by atoms with Crippen LogP contribution in [0.5, 0.6) is 23.0 Å². The number of benzene rings is 4. The van der Waals surface area contributed by atoms with Crippen molar-refractivity contribution in [3.05, 3.63) is 119 Å². The minimum atomic E-state index is -0.253. The predicted molar refractivity (Wildman–Crippen MR) is 277 cm³/mol. The van der Waals surface area contributed by atoms with E-state index < -0.39 is 0 Å². The quantitative estimate of drug-likeness (QED) is 0.0195. The molecule has 0 radical (unpaired) electrons. The monoisotopic (exact) mass is 959 g/mol. The number of nitrogens with two attached hydrogens (primary N) is 2. The van der Waals surface area contributed by atoms with Gasteiger partial charge in [0.15, 0.2) is 0 Å². The Balaban J connectivity index is 0.000000265. The van der Waals surface area contributed by atoms with E-state index in [1.54, 1.807) is 24.3 Å². The van der Waals surface area contributed by atoms with Gasteiger partial charge in [0.1, 0.15) is 46.3 Å². The highest BCUT2D eigenvalue weighted by molar-refractivity contribution is 6.06. The molecule has 4 aromatic carbocycles. The van der Waals surface area contributed by atoms with E-state index in [4.69, 9.17) is 52.1 Å². The summed E-state index contributed by atoms with van der Waals surface area (Å²) in [5.74, 6) is 4.57. The first-order valence-electron chi connectivity index (χ1n) is 24.6. The summed E-state index contributed by atoms with van der Waals surface area (Å²) in [6.07, 6.45) is 11.4. The molecule has 2 aliphatic heterocycles. The number of likely N-dealkylation sites (tertiary alicyclic amines) is 2. The molecule has 16 heteroatoms. The van der Waals surface area contributed by atoms with Crippen molar-refractivity contribution in [2.45, 2.75) is 78.1 Å². The SMILES string of the molecule is CC(=O)NC(=N)c1ccc(OCCCC2CCN(CCCOc3ccc(C(=N)NC(C)=O)cc3)CC2)cc1.N=C(N)c1ccc(OCCCC2CCN(CCCOc3ccc(C(=N)N)cc3)CC2)cc1. The molecule has 2 fully saturated rings. The van der Waals surface area contributed by atoms with Gasteiger partial charge >= 0.3 is 0 Å². The van der Waals surface area contributed by atoms with Crippen LogP contribution in [0.4, 0.5) is 0 Å². The van der Waals surface area contributed by atoms with E-state index in [-0.39, 0.29) is 35.2 Å². The van der Waals surface area contributed by atoms with Crippen molar-refractivity contribution in [2.24, 2.45) is 23.3 Å². The molecule has 2 saturated heterocycles. The molecular weight excluding hydrogens is 885 g/mol. The van der Waals surface area contributed by atoms with Gasteiger partial charge in [0.25, 0.3) is 0 Å². The van der Waals surface area contributed by atoms with Crippen molar-refractivity contribution in [1.29, 1.82) is 21.6 Å². The number of rotatable bonds is 24. The lowest BCUT2D eigenvalue weighted by molar-refractivity contribution is -0.118. The molecular formula is C54H74N10O6. The first-order valence-corrected chi connectivity index (χ1v) is 24.6. The minimum absolute atomic E-state index is 0.0768. The lowest BCUT2D eigenvalue weighted by Gasteiger charge is -2.32. The van der Waals surface area contributed by atoms with Gasteiger partial charge in [0, 0.05) is 49.2 Å². The van der Waals surface area contributed by atoms with E-state index in [2.05, 4.69) is 20.4 Å². The van der Waals surface area contributed by atoms with Crippen molar-refractivity contribution in [1.82, 2.24) is 20.4 Å². The lowest BCUT2D eigenvalue weighted by Crippen LogP contribution is -2.35.